The number of carbonyl (C=O) groups excluding carboxylic acids is 2. The lowest BCUT2D eigenvalue weighted by Gasteiger charge is -2.31. The molecular formula is C14H21N3O2. The van der Waals surface area contributed by atoms with Gasteiger partial charge in [0.05, 0.1) is 18.6 Å². The van der Waals surface area contributed by atoms with Crippen molar-refractivity contribution in [2.24, 2.45) is 5.92 Å². The Balaban J connectivity index is 2.06. The largest absolute Gasteiger partial charge is 0.358 e. The normalized spacial score (nSPS) is 24.5. The van der Waals surface area contributed by atoms with Gasteiger partial charge < -0.3 is 10.6 Å². The van der Waals surface area contributed by atoms with Crippen LogP contribution < -0.4 is 10.6 Å². The van der Waals surface area contributed by atoms with Gasteiger partial charge in [0.25, 0.3) is 0 Å². The predicted octanol–water partition coefficient (Wildman–Crippen LogP) is -0.275. The Morgan fingerprint density at radius 1 is 1.42 bits per heavy atom. The summed E-state index contributed by atoms with van der Waals surface area (Å²) in [5.41, 5.74) is 0. The maximum Gasteiger partial charge on any atom is 0.238 e. The second kappa shape index (κ2) is 6.07. The molecule has 104 valence electrons. The van der Waals surface area contributed by atoms with Gasteiger partial charge in [0.15, 0.2) is 0 Å². The van der Waals surface area contributed by atoms with Crippen molar-refractivity contribution in [3.63, 3.8) is 0 Å². The van der Waals surface area contributed by atoms with E-state index in [2.05, 4.69) is 21.5 Å². The Bertz CT molecular complexity index is 398. The molecule has 5 heteroatoms. The van der Waals surface area contributed by atoms with Gasteiger partial charge in [-0.1, -0.05) is 5.92 Å². The minimum Gasteiger partial charge on any atom is -0.358 e. The Labute approximate surface area is 114 Å². The third-order valence-corrected chi connectivity index (χ3v) is 3.90. The lowest BCUT2D eigenvalue weighted by Crippen LogP contribution is -2.53. The minimum atomic E-state index is -0.212. The number of nitrogens with zero attached hydrogens (tertiary/aromatic N) is 1. The van der Waals surface area contributed by atoms with Crippen LogP contribution in [0.1, 0.15) is 25.7 Å². The fourth-order valence-electron chi connectivity index (χ4n) is 2.85. The van der Waals surface area contributed by atoms with Crippen molar-refractivity contribution in [2.45, 2.75) is 37.8 Å². The Morgan fingerprint density at radius 3 is 2.74 bits per heavy atom. The summed E-state index contributed by atoms with van der Waals surface area (Å²) >= 11 is 0. The summed E-state index contributed by atoms with van der Waals surface area (Å²) in [6, 6.07) is -0.370. The lowest BCUT2D eigenvalue weighted by atomic mass is 10.1. The zero-order valence-electron chi connectivity index (χ0n) is 11.3. The van der Waals surface area contributed by atoms with E-state index in [1.807, 2.05) is 0 Å². The zero-order valence-corrected chi connectivity index (χ0v) is 11.3. The van der Waals surface area contributed by atoms with Crippen LogP contribution in [-0.2, 0) is 9.59 Å². The number of hydrogen-bond donors (Lipinski definition) is 2. The molecule has 0 aromatic carbocycles. The summed E-state index contributed by atoms with van der Waals surface area (Å²) in [5.74, 6) is 2.79. The minimum absolute atomic E-state index is 0.0270. The van der Waals surface area contributed by atoms with Crippen molar-refractivity contribution < 1.29 is 9.59 Å². The van der Waals surface area contributed by atoms with Crippen LogP contribution in [0, 0.1) is 18.3 Å². The molecule has 19 heavy (non-hydrogen) atoms. The van der Waals surface area contributed by atoms with Crippen molar-refractivity contribution in [3.8, 4) is 12.3 Å². The van der Waals surface area contributed by atoms with Gasteiger partial charge in [0.2, 0.25) is 11.8 Å². The third-order valence-electron chi connectivity index (χ3n) is 3.90. The van der Waals surface area contributed by atoms with Crippen LogP contribution in [0.5, 0.6) is 0 Å². The van der Waals surface area contributed by atoms with Crippen LogP contribution in [0.15, 0.2) is 0 Å². The average molecular weight is 263 g/mol. The molecule has 1 aliphatic carbocycles. The first-order valence-electron chi connectivity index (χ1n) is 6.87. The highest BCUT2D eigenvalue weighted by Crippen LogP contribution is 2.38. The fourth-order valence-corrected chi connectivity index (χ4v) is 2.85. The molecule has 1 saturated heterocycles. The van der Waals surface area contributed by atoms with Crippen molar-refractivity contribution in [1.29, 1.82) is 0 Å². The lowest BCUT2D eigenvalue weighted by molar-refractivity contribution is -0.131. The van der Waals surface area contributed by atoms with Crippen molar-refractivity contribution in [3.05, 3.63) is 0 Å². The maximum absolute atomic E-state index is 12.1. The summed E-state index contributed by atoms with van der Waals surface area (Å²) in [4.78, 5) is 26.2. The molecule has 0 aromatic heterocycles. The van der Waals surface area contributed by atoms with Crippen LogP contribution in [-0.4, -0.2) is 48.9 Å². The first-order chi connectivity index (χ1) is 9.19. The Morgan fingerprint density at radius 2 is 2.16 bits per heavy atom. The van der Waals surface area contributed by atoms with E-state index >= 15 is 0 Å². The van der Waals surface area contributed by atoms with Crippen LogP contribution in [0.2, 0.25) is 0 Å². The standard InChI is InChI=1S/C14H21N3O2/c1-3-8-16-13(18)11-5-4-9-17(11)12(10-6-7-10)14(19)15-2/h1,10-12H,4-9H2,2H3,(H,15,19)(H,16,18). The number of nitrogens with one attached hydrogen (secondary N) is 2. The molecule has 2 N–H and O–H groups in total. The van der Waals surface area contributed by atoms with Gasteiger partial charge in [-0.2, -0.15) is 0 Å². The molecule has 0 spiro atoms. The van der Waals surface area contributed by atoms with E-state index in [1.165, 1.54) is 0 Å². The smallest absolute Gasteiger partial charge is 0.238 e. The van der Waals surface area contributed by atoms with Crippen molar-refractivity contribution in [2.75, 3.05) is 20.1 Å². The number of carbonyl (C=O) groups is 2. The molecule has 2 atom stereocenters. The molecule has 2 fully saturated rings. The first kappa shape index (κ1) is 13.9. The van der Waals surface area contributed by atoms with Gasteiger partial charge in [-0.3, -0.25) is 14.5 Å². The van der Waals surface area contributed by atoms with Crippen LogP contribution in [0.3, 0.4) is 0 Å². The van der Waals surface area contributed by atoms with E-state index in [9.17, 15) is 9.59 Å². The summed E-state index contributed by atoms with van der Waals surface area (Å²) in [6.45, 7) is 1.06. The van der Waals surface area contributed by atoms with Crippen LogP contribution in [0.25, 0.3) is 0 Å². The van der Waals surface area contributed by atoms with Gasteiger partial charge >= 0.3 is 0 Å². The summed E-state index contributed by atoms with van der Waals surface area (Å²) in [7, 11) is 1.65. The topological polar surface area (TPSA) is 61.4 Å². The van der Waals surface area contributed by atoms with E-state index < -0.39 is 0 Å². The SMILES string of the molecule is C#CCNC(=O)C1CCCN1C(C(=O)NC)C1CC1. The highest BCUT2D eigenvalue weighted by Gasteiger charge is 2.45. The highest BCUT2D eigenvalue weighted by molar-refractivity contribution is 5.86. The quantitative estimate of drug-likeness (QED) is 0.671. The van der Waals surface area contributed by atoms with Gasteiger partial charge in [0.1, 0.15) is 0 Å². The van der Waals surface area contributed by atoms with E-state index in [-0.39, 0.29) is 30.4 Å². The molecule has 0 radical (unpaired) electrons. The number of terminal acetylenes is 1. The van der Waals surface area contributed by atoms with E-state index in [0.29, 0.717) is 5.92 Å². The number of hydrogen-bond acceptors (Lipinski definition) is 3. The molecule has 2 unspecified atom stereocenters. The van der Waals surface area contributed by atoms with Crippen molar-refractivity contribution in [1.82, 2.24) is 15.5 Å². The first-order valence-corrected chi connectivity index (χ1v) is 6.87. The van der Waals surface area contributed by atoms with Gasteiger partial charge in [-0.15, -0.1) is 6.42 Å². The van der Waals surface area contributed by atoms with Gasteiger partial charge in [-0.05, 0) is 38.1 Å². The molecule has 0 bridgehead atoms. The average Bonchev–Trinajstić information content (AvgIpc) is 3.13. The van der Waals surface area contributed by atoms with Gasteiger partial charge in [0, 0.05) is 7.05 Å². The van der Waals surface area contributed by atoms with Crippen LogP contribution in [0.4, 0.5) is 0 Å². The molecule has 2 amide bonds. The van der Waals surface area contributed by atoms with Crippen molar-refractivity contribution >= 4 is 11.8 Å². The monoisotopic (exact) mass is 263 g/mol. The molecule has 0 aromatic rings. The Hall–Kier alpha value is -1.54. The molecule has 2 aliphatic rings. The maximum atomic E-state index is 12.1. The molecule has 5 nitrogen and oxygen atoms in total. The molecule has 2 rings (SSSR count). The molecule has 1 heterocycles. The number of rotatable bonds is 5. The molecule has 1 saturated carbocycles. The second-order valence-corrected chi connectivity index (χ2v) is 5.21. The highest BCUT2D eigenvalue weighted by atomic mass is 16.2. The third kappa shape index (κ3) is 3.07. The van der Waals surface area contributed by atoms with Gasteiger partial charge in [-0.25, -0.2) is 0 Å². The van der Waals surface area contributed by atoms with E-state index in [1.54, 1.807) is 7.05 Å². The predicted molar refractivity (Wildman–Crippen MR) is 72.1 cm³/mol. The fraction of sp³-hybridized carbons (Fsp3) is 0.714. The summed E-state index contributed by atoms with van der Waals surface area (Å²) in [6.07, 6.45) is 9.06. The van der Waals surface area contributed by atoms with E-state index in [0.717, 1.165) is 32.2 Å². The second-order valence-electron chi connectivity index (χ2n) is 5.21. The number of likely N-dealkylation sites (N-methyl/N-ethyl adjacent to an activating group) is 1. The number of likely N-dealkylation sites (tertiary alicyclic amines) is 1. The summed E-state index contributed by atoms with van der Waals surface area (Å²) in [5, 5.41) is 5.45. The number of amides is 2. The zero-order chi connectivity index (χ0) is 13.8. The molecular weight excluding hydrogens is 242 g/mol. The van der Waals surface area contributed by atoms with E-state index in [4.69, 9.17) is 6.42 Å². The Kier molecular flexibility index (Phi) is 4.43. The summed E-state index contributed by atoms with van der Waals surface area (Å²) < 4.78 is 0. The molecule has 1 aliphatic heterocycles. The van der Waals surface area contributed by atoms with Crippen LogP contribution >= 0.6 is 0 Å².